The second-order valence-electron chi connectivity index (χ2n) is 8.16. The van der Waals surface area contributed by atoms with E-state index in [0.717, 1.165) is 47.2 Å². The number of carbonyl (C=O) groups is 1. The first kappa shape index (κ1) is 17.6. The average molecular weight is 394 g/mol. The quantitative estimate of drug-likeness (QED) is 0.669. The highest BCUT2D eigenvalue weighted by molar-refractivity contribution is 7.18. The number of thiophene rings is 1. The van der Waals surface area contributed by atoms with Crippen molar-refractivity contribution in [1.29, 1.82) is 0 Å². The summed E-state index contributed by atoms with van der Waals surface area (Å²) in [6, 6.07) is 8.11. The van der Waals surface area contributed by atoms with Crippen LogP contribution < -0.4 is 10.5 Å². The van der Waals surface area contributed by atoms with Gasteiger partial charge in [-0.15, -0.1) is 11.3 Å². The van der Waals surface area contributed by atoms with E-state index in [0.29, 0.717) is 5.92 Å². The third kappa shape index (κ3) is 2.70. The number of benzene rings is 1. The maximum atomic E-state index is 13.2. The minimum Gasteiger partial charge on any atom is -0.307 e. The summed E-state index contributed by atoms with van der Waals surface area (Å²) in [5, 5.41) is 0.733. The largest absolute Gasteiger partial charge is 0.307 e. The zero-order valence-electron chi connectivity index (χ0n) is 16.1. The molecule has 5 rings (SSSR count). The highest BCUT2D eigenvalue weighted by Gasteiger charge is 2.31. The van der Waals surface area contributed by atoms with Crippen LogP contribution in [0.4, 0.5) is 5.69 Å². The number of amides is 1. The summed E-state index contributed by atoms with van der Waals surface area (Å²) in [6.07, 6.45) is 5.46. The molecule has 0 radical (unpaired) electrons. The van der Waals surface area contributed by atoms with Crippen LogP contribution >= 0.6 is 11.3 Å². The van der Waals surface area contributed by atoms with Crippen LogP contribution in [0, 0.1) is 5.92 Å². The first-order valence-electron chi connectivity index (χ1n) is 9.92. The van der Waals surface area contributed by atoms with Crippen molar-refractivity contribution >= 4 is 33.1 Å². The Morgan fingerprint density at radius 2 is 2.07 bits per heavy atom. The number of aryl methyl sites for hydroxylation is 1. The first-order chi connectivity index (χ1) is 13.5. The number of anilines is 1. The smallest absolute Gasteiger partial charge is 0.262 e. The molecule has 0 saturated heterocycles. The molecule has 2 aromatic heterocycles. The minimum atomic E-state index is -0.0782. The second kappa shape index (κ2) is 6.55. The van der Waals surface area contributed by atoms with Gasteiger partial charge in [-0.1, -0.05) is 25.1 Å². The average Bonchev–Trinajstić information content (AvgIpc) is 3.20. The molecule has 1 aliphatic carbocycles. The summed E-state index contributed by atoms with van der Waals surface area (Å²) in [6.45, 7) is 4.34. The predicted octanol–water partition coefficient (Wildman–Crippen LogP) is 3.56. The lowest BCUT2D eigenvalue weighted by atomic mass is 9.89. The third-order valence-electron chi connectivity index (χ3n) is 6.06. The molecule has 3 aromatic rings. The van der Waals surface area contributed by atoms with Gasteiger partial charge in [0.15, 0.2) is 0 Å². The Bertz CT molecular complexity index is 1150. The topological polar surface area (TPSA) is 55.2 Å². The number of hydrogen-bond acceptors (Lipinski definition) is 4. The van der Waals surface area contributed by atoms with Gasteiger partial charge in [0.25, 0.3) is 5.56 Å². The fourth-order valence-electron chi connectivity index (χ4n) is 4.65. The van der Waals surface area contributed by atoms with E-state index in [2.05, 4.69) is 24.9 Å². The number of rotatable bonds is 2. The van der Waals surface area contributed by atoms with E-state index in [1.807, 2.05) is 23.1 Å². The fraction of sp³-hybridized carbons (Fsp3) is 0.409. The van der Waals surface area contributed by atoms with E-state index in [-0.39, 0.29) is 24.1 Å². The van der Waals surface area contributed by atoms with Gasteiger partial charge in [-0.2, -0.15) is 0 Å². The van der Waals surface area contributed by atoms with Gasteiger partial charge in [0.05, 0.1) is 11.7 Å². The third-order valence-corrected chi connectivity index (χ3v) is 7.23. The molecule has 0 fully saturated rings. The molecule has 3 heterocycles. The number of fused-ring (bicyclic) bond motifs is 4. The van der Waals surface area contributed by atoms with Gasteiger partial charge < -0.3 is 4.90 Å². The van der Waals surface area contributed by atoms with Crippen molar-refractivity contribution in [1.82, 2.24) is 9.55 Å². The van der Waals surface area contributed by atoms with Gasteiger partial charge in [0, 0.05) is 16.6 Å². The highest BCUT2D eigenvalue weighted by Crippen LogP contribution is 2.36. The van der Waals surface area contributed by atoms with E-state index < -0.39 is 0 Å². The van der Waals surface area contributed by atoms with E-state index in [1.165, 1.54) is 15.0 Å². The molecule has 1 aliphatic heterocycles. The van der Waals surface area contributed by atoms with Crippen molar-refractivity contribution in [3.8, 4) is 0 Å². The predicted molar refractivity (Wildman–Crippen MR) is 112 cm³/mol. The van der Waals surface area contributed by atoms with Crippen LogP contribution in [0.25, 0.3) is 10.2 Å². The summed E-state index contributed by atoms with van der Waals surface area (Å²) in [4.78, 5) is 34.7. The summed E-state index contributed by atoms with van der Waals surface area (Å²) in [7, 11) is 0. The maximum absolute atomic E-state index is 13.2. The molecule has 0 unspecified atom stereocenters. The van der Waals surface area contributed by atoms with E-state index >= 15 is 0 Å². The zero-order valence-corrected chi connectivity index (χ0v) is 17.0. The Kier molecular flexibility index (Phi) is 4.12. The Hall–Kier alpha value is -2.47. The van der Waals surface area contributed by atoms with Gasteiger partial charge in [0.2, 0.25) is 5.91 Å². The SMILES string of the molecule is C[C@H]1CCc2c(sc3ncn(CC(=O)N4c5ccccc5C[C@H]4C)c(=O)c23)C1. The summed E-state index contributed by atoms with van der Waals surface area (Å²) in [5.74, 6) is 0.597. The summed E-state index contributed by atoms with van der Waals surface area (Å²) >= 11 is 1.64. The minimum absolute atomic E-state index is 0.0292. The summed E-state index contributed by atoms with van der Waals surface area (Å²) < 4.78 is 1.49. The van der Waals surface area contributed by atoms with Gasteiger partial charge >= 0.3 is 0 Å². The van der Waals surface area contributed by atoms with Gasteiger partial charge in [-0.25, -0.2) is 4.98 Å². The van der Waals surface area contributed by atoms with Crippen molar-refractivity contribution in [3.05, 3.63) is 57.0 Å². The van der Waals surface area contributed by atoms with Crippen molar-refractivity contribution in [2.75, 3.05) is 4.90 Å². The van der Waals surface area contributed by atoms with E-state index in [9.17, 15) is 9.59 Å². The molecule has 0 bridgehead atoms. The Labute approximate surface area is 167 Å². The number of aromatic nitrogens is 2. The molecule has 0 saturated carbocycles. The molecular formula is C22H23N3O2S. The van der Waals surface area contributed by atoms with Crippen molar-refractivity contribution in [2.45, 2.75) is 52.1 Å². The molecule has 28 heavy (non-hydrogen) atoms. The molecule has 0 spiro atoms. The highest BCUT2D eigenvalue weighted by atomic mass is 32.1. The lowest BCUT2D eigenvalue weighted by Gasteiger charge is -2.23. The van der Waals surface area contributed by atoms with Crippen molar-refractivity contribution in [3.63, 3.8) is 0 Å². The Balaban J connectivity index is 1.50. The number of hydrogen-bond donors (Lipinski definition) is 0. The van der Waals surface area contributed by atoms with Gasteiger partial charge in [-0.05, 0) is 55.7 Å². The fourth-order valence-corrected chi connectivity index (χ4v) is 5.99. The van der Waals surface area contributed by atoms with Crippen LogP contribution in [-0.2, 0) is 30.6 Å². The molecule has 2 aliphatic rings. The van der Waals surface area contributed by atoms with Crippen LogP contribution in [0.2, 0.25) is 0 Å². The number of para-hydroxylation sites is 1. The Morgan fingerprint density at radius 3 is 2.93 bits per heavy atom. The molecule has 144 valence electrons. The normalized spacial score (nSPS) is 21.0. The standard InChI is InChI=1S/C22H23N3O2S/c1-13-7-8-16-18(9-13)28-21-20(16)22(27)24(12-23-21)11-19(26)25-14(2)10-15-5-3-4-6-17(15)25/h3-6,12-14H,7-11H2,1-2H3/t13-,14+/m0/s1. The van der Waals surface area contributed by atoms with Crippen LogP contribution in [0.1, 0.15) is 36.3 Å². The Morgan fingerprint density at radius 1 is 1.25 bits per heavy atom. The van der Waals surface area contributed by atoms with Crippen molar-refractivity contribution in [2.24, 2.45) is 5.92 Å². The van der Waals surface area contributed by atoms with Crippen LogP contribution in [-0.4, -0.2) is 21.5 Å². The van der Waals surface area contributed by atoms with Crippen LogP contribution in [0.5, 0.6) is 0 Å². The number of carbonyl (C=O) groups excluding carboxylic acids is 1. The molecule has 0 N–H and O–H groups in total. The first-order valence-corrected chi connectivity index (χ1v) is 10.7. The lowest BCUT2D eigenvalue weighted by molar-refractivity contribution is -0.119. The molecule has 2 atom stereocenters. The monoisotopic (exact) mass is 393 g/mol. The maximum Gasteiger partial charge on any atom is 0.262 e. The van der Waals surface area contributed by atoms with Gasteiger partial charge in [0.1, 0.15) is 11.4 Å². The summed E-state index contributed by atoms with van der Waals surface area (Å²) in [5.41, 5.74) is 3.23. The molecule has 1 aromatic carbocycles. The van der Waals surface area contributed by atoms with Crippen LogP contribution in [0.3, 0.4) is 0 Å². The van der Waals surface area contributed by atoms with Gasteiger partial charge in [-0.3, -0.25) is 14.2 Å². The van der Waals surface area contributed by atoms with E-state index in [4.69, 9.17) is 0 Å². The molecule has 5 nitrogen and oxygen atoms in total. The zero-order chi connectivity index (χ0) is 19.4. The van der Waals surface area contributed by atoms with Crippen molar-refractivity contribution < 1.29 is 4.79 Å². The molecular weight excluding hydrogens is 370 g/mol. The lowest BCUT2D eigenvalue weighted by Crippen LogP contribution is -2.40. The van der Waals surface area contributed by atoms with Crippen LogP contribution in [0.15, 0.2) is 35.4 Å². The molecule has 6 heteroatoms. The number of nitrogens with zero attached hydrogens (tertiary/aromatic N) is 3. The second-order valence-corrected chi connectivity index (χ2v) is 9.24. The molecule has 1 amide bonds. The van der Waals surface area contributed by atoms with E-state index in [1.54, 1.807) is 17.7 Å².